The highest BCUT2D eigenvalue weighted by Gasteiger charge is 2.12. The SMILES string of the molecule is CC(=N)/C(=C\N)Cc1cc(C(F)F)n[nH]1. The van der Waals surface area contributed by atoms with Crippen LogP contribution in [0.4, 0.5) is 8.78 Å². The minimum Gasteiger partial charge on any atom is -0.404 e. The molecular weight excluding hydrogens is 202 g/mol. The molecule has 0 unspecified atom stereocenters. The highest BCUT2D eigenvalue weighted by atomic mass is 19.3. The molecule has 0 aliphatic heterocycles. The number of allylic oxidation sites excluding steroid dienone is 1. The first kappa shape index (κ1) is 11.4. The van der Waals surface area contributed by atoms with E-state index in [0.29, 0.717) is 23.4 Å². The third kappa shape index (κ3) is 2.87. The highest BCUT2D eigenvalue weighted by Crippen LogP contribution is 2.17. The number of alkyl halides is 2. The highest BCUT2D eigenvalue weighted by molar-refractivity contribution is 5.95. The van der Waals surface area contributed by atoms with Crippen molar-refractivity contribution in [2.45, 2.75) is 19.8 Å². The van der Waals surface area contributed by atoms with Crippen LogP contribution in [0.15, 0.2) is 17.8 Å². The molecule has 0 radical (unpaired) electrons. The number of H-pyrrole nitrogens is 1. The van der Waals surface area contributed by atoms with Crippen LogP contribution in [0, 0.1) is 5.41 Å². The van der Waals surface area contributed by atoms with E-state index in [1.165, 1.54) is 12.3 Å². The maximum absolute atomic E-state index is 12.2. The monoisotopic (exact) mass is 214 g/mol. The van der Waals surface area contributed by atoms with Gasteiger partial charge in [0.2, 0.25) is 0 Å². The van der Waals surface area contributed by atoms with Gasteiger partial charge >= 0.3 is 0 Å². The number of rotatable bonds is 4. The Hall–Kier alpha value is -1.72. The first-order valence-corrected chi connectivity index (χ1v) is 4.33. The second kappa shape index (κ2) is 4.68. The Morgan fingerprint density at radius 2 is 2.40 bits per heavy atom. The summed E-state index contributed by atoms with van der Waals surface area (Å²) in [6.07, 6.45) is -0.974. The summed E-state index contributed by atoms with van der Waals surface area (Å²) in [7, 11) is 0. The van der Waals surface area contributed by atoms with E-state index in [4.69, 9.17) is 11.1 Å². The molecule has 0 aliphatic carbocycles. The molecule has 0 atom stereocenters. The van der Waals surface area contributed by atoms with Crippen LogP contribution >= 0.6 is 0 Å². The molecule has 82 valence electrons. The van der Waals surface area contributed by atoms with Crippen LogP contribution < -0.4 is 5.73 Å². The molecule has 0 saturated heterocycles. The largest absolute Gasteiger partial charge is 0.404 e. The molecule has 1 aromatic rings. The van der Waals surface area contributed by atoms with Gasteiger partial charge in [-0.2, -0.15) is 5.10 Å². The number of hydrogen-bond acceptors (Lipinski definition) is 3. The van der Waals surface area contributed by atoms with Crippen LogP contribution in [-0.4, -0.2) is 15.9 Å². The molecule has 1 rings (SSSR count). The fourth-order valence-corrected chi connectivity index (χ4v) is 1.10. The number of nitrogens with zero attached hydrogens (tertiary/aromatic N) is 1. The van der Waals surface area contributed by atoms with Crippen molar-refractivity contribution in [3.05, 3.63) is 29.2 Å². The van der Waals surface area contributed by atoms with Gasteiger partial charge in [-0.25, -0.2) is 8.78 Å². The van der Waals surface area contributed by atoms with Crippen LogP contribution in [-0.2, 0) is 6.42 Å². The Morgan fingerprint density at radius 3 is 2.80 bits per heavy atom. The van der Waals surface area contributed by atoms with Crippen molar-refractivity contribution >= 4 is 5.71 Å². The van der Waals surface area contributed by atoms with E-state index in [9.17, 15) is 8.78 Å². The summed E-state index contributed by atoms with van der Waals surface area (Å²) >= 11 is 0. The van der Waals surface area contributed by atoms with Crippen LogP contribution in [0.2, 0.25) is 0 Å². The fraction of sp³-hybridized carbons (Fsp3) is 0.333. The predicted octanol–water partition coefficient (Wildman–Crippen LogP) is 1.77. The Kier molecular flexibility index (Phi) is 3.54. The molecular formula is C9H12F2N4. The van der Waals surface area contributed by atoms with Gasteiger partial charge in [0.15, 0.2) is 0 Å². The van der Waals surface area contributed by atoms with Gasteiger partial charge in [-0.15, -0.1) is 0 Å². The Morgan fingerprint density at radius 1 is 1.73 bits per heavy atom. The maximum atomic E-state index is 12.2. The van der Waals surface area contributed by atoms with Crippen molar-refractivity contribution in [2.75, 3.05) is 0 Å². The zero-order valence-corrected chi connectivity index (χ0v) is 8.22. The van der Waals surface area contributed by atoms with E-state index in [2.05, 4.69) is 10.2 Å². The zero-order chi connectivity index (χ0) is 11.4. The molecule has 4 nitrogen and oxygen atoms in total. The smallest absolute Gasteiger partial charge is 0.282 e. The van der Waals surface area contributed by atoms with E-state index in [1.807, 2.05) is 0 Å². The summed E-state index contributed by atoms with van der Waals surface area (Å²) in [5.74, 6) is 0. The second-order valence-electron chi connectivity index (χ2n) is 3.11. The molecule has 1 heterocycles. The van der Waals surface area contributed by atoms with E-state index < -0.39 is 6.43 Å². The average Bonchev–Trinajstić information content (AvgIpc) is 2.61. The number of aromatic nitrogens is 2. The molecule has 0 amide bonds. The number of nitrogens with one attached hydrogen (secondary N) is 2. The molecule has 0 fully saturated rings. The van der Waals surface area contributed by atoms with Crippen LogP contribution in [0.5, 0.6) is 0 Å². The van der Waals surface area contributed by atoms with Crippen molar-refractivity contribution < 1.29 is 8.78 Å². The van der Waals surface area contributed by atoms with E-state index in [-0.39, 0.29) is 5.69 Å². The van der Waals surface area contributed by atoms with Gasteiger partial charge in [-0.1, -0.05) is 0 Å². The molecule has 1 aromatic heterocycles. The van der Waals surface area contributed by atoms with Crippen LogP contribution in [0.1, 0.15) is 24.7 Å². The van der Waals surface area contributed by atoms with Crippen molar-refractivity contribution in [2.24, 2.45) is 5.73 Å². The van der Waals surface area contributed by atoms with Crippen LogP contribution in [0.3, 0.4) is 0 Å². The van der Waals surface area contributed by atoms with Crippen molar-refractivity contribution in [3.8, 4) is 0 Å². The summed E-state index contributed by atoms with van der Waals surface area (Å²) in [5.41, 5.74) is 6.43. The van der Waals surface area contributed by atoms with E-state index in [1.54, 1.807) is 6.92 Å². The van der Waals surface area contributed by atoms with Gasteiger partial charge in [0, 0.05) is 17.8 Å². The molecule has 15 heavy (non-hydrogen) atoms. The molecule has 0 saturated carbocycles. The fourth-order valence-electron chi connectivity index (χ4n) is 1.10. The van der Waals surface area contributed by atoms with Gasteiger partial charge in [0.05, 0.1) is 0 Å². The lowest BCUT2D eigenvalue weighted by molar-refractivity contribution is 0.146. The predicted molar refractivity (Wildman–Crippen MR) is 52.9 cm³/mol. The third-order valence-corrected chi connectivity index (χ3v) is 1.94. The summed E-state index contributed by atoms with van der Waals surface area (Å²) in [5, 5.41) is 13.3. The topological polar surface area (TPSA) is 78.6 Å². The third-order valence-electron chi connectivity index (χ3n) is 1.94. The van der Waals surface area contributed by atoms with Crippen molar-refractivity contribution in [3.63, 3.8) is 0 Å². The summed E-state index contributed by atoms with van der Waals surface area (Å²) in [6.45, 7) is 1.59. The lowest BCUT2D eigenvalue weighted by atomic mass is 10.1. The number of nitrogens with two attached hydrogens (primary N) is 1. The summed E-state index contributed by atoms with van der Waals surface area (Å²) in [6, 6.07) is 1.27. The maximum Gasteiger partial charge on any atom is 0.282 e. The molecule has 6 heteroatoms. The second-order valence-corrected chi connectivity index (χ2v) is 3.11. The first-order valence-electron chi connectivity index (χ1n) is 4.33. The Balaban J connectivity index is 2.77. The standard InChI is InChI=1S/C9H12F2N4/c1-5(13)6(4-12)2-7-3-8(9(10)11)15-14-7/h3-4,9,13H,2,12H2,1H3,(H,14,15)/b6-4-,13-5?. The van der Waals surface area contributed by atoms with E-state index in [0.717, 1.165) is 0 Å². The molecule has 0 spiro atoms. The minimum absolute atomic E-state index is 0.288. The minimum atomic E-state index is -2.58. The van der Waals surface area contributed by atoms with Crippen molar-refractivity contribution in [1.29, 1.82) is 5.41 Å². The molecule has 0 aromatic carbocycles. The van der Waals surface area contributed by atoms with Gasteiger partial charge in [-0.3, -0.25) is 5.10 Å². The summed E-state index contributed by atoms with van der Waals surface area (Å²) < 4.78 is 24.4. The number of aromatic amines is 1. The lowest BCUT2D eigenvalue weighted by Crippen LogP contribution is -2.03. The zero-order valence-electron chi connectivity index (χ0n) is 8.22. The molecule has 4 N–H and O–H groups in total. The van der Waals surface area contributed by atoms with Gasteiger partial charge in [0.1, 0.15) is 5.69 Å². The van der Waals surface area contributed by atoms with Gasteiger partial charge in [0.25, 0.3) is 6.43 Å². The average molecular weight is 214 g/mol. The van der Waals surface area contributed by atoms with Crippen LogP contribution in [0.25, 0.3) is 0 Å². The number of halogens is 2. The van der Waals surface area contributed by atoms with Crippen molar-refractivity contribution in [1.82, 2.24) is 10.2 Å². The molecule has 0 aliphatic rings. The van der Waals surface area contributed by atoms with Gasteiger partial charge < -0.3 is 11.1 Å². The lowest BCUT2D eigenvalue weighted by Gasteiger charge is -2.01. The Bertz CT molecular complexity index is 381. The quantitative estimate of drug-likeness (QED) is 0.668. The van der Waals surface area contributed by atoms with E-state index >= 15 is 0 Å². The van der Waals surface area contributed by atoms with Gasteiger partial charge in [-0.05, 0) is 24.8 Å². The molecule has 0 bridgehead atoms. The first-order chi connectivity index (χ1) is 7.04. The summed E-state index contributed by atoms with van der Waals surface area (Å²) in [4.78, 5) is 0. The number of hydrogen-bond donors (Lipinski definition) is 3. The normalized spacial score (nSPS) is 12.1. The Labute approximate surface area is 85.7 Å².